The zero-order valence-electron chi connectivity index (χ0n) is 11.2. The first-order valence-electron chi connectivity index (χ1n) is 6.42. The smallest absolute Gasteiger partial charge is 0.163 e. The van der Waals surface area contributed by atoms with Crippen LogP contribution in [-0.4, -0.2) is 5.78 Å². The summed E-state index contributed by atoms with van der Waals surface area (Å²) in [5, 5.41) is 0. The van der Waals surface area contributed by atoms with Gasteiger partial charge in [0.1, 0.15) is 5.82 Å². The molecule has 0 amide bonds. The summed E-state index contributed by atoms with van der Waals surface area (Å²) < 4.78 is 12.8. The minimum atomic E-state index is -0.246. The molecule has 0 aliphatic rings. The van der Waals surface area contributed by atoms with Crippen LogP contribution in [0.1, 0.15) is 33.5 Å². The number of hydrogen-bond acceptors (Lipinski definition) is 1. The van der Waals surface area contributed by atoms with Gasteiger partial charge in [-0.15, -0.1) is 0 Å². The molecule has 0 aliphatic heterocycles. The molecule has 0 atom stereocenters. The highest BCUT2D eigenvalue weighted by molar-refractivity contribution is 5.97. The van der Waals surface area contributed by atoms with Gasteiger partial charge in [-0.05, 0) is 49.1 Å². The average molecular weight is 256 g/mol. The Morgan fingerprint density at radius 3 is 2.42 bits per heavy atom. The topological polar surface area (TPSA) is 17.1 Å². The van der Waals surface area contributed by atoms with Gasteiger partial charge in [-0.1, -0.05) is 30.3 Å². The molecule has 0 aliphatic carbocycles. The summed E-state index contributed by atoms with van der Waals surface area (Å²) in [6.07, 6.45) is 1.10. The van der Waals surface area contributed by atoms with E-state index in [0.717, 1.165) is 22.3 Å². The number of Topliss-reactive ketones (excluding diaryl/α,β-unsaturated/α-hetero) is 1. The summed E-state index contributed by atoms with van der Waals surface area (Å²) in [4.78, 5) is 12.2. The second kappa shape index (κ2) is 5.79. The van der Waals surface area contributed by atoms with E-state index in [2.05, 4.69) is 0 Å². The van der Waals surface area contributed by atoms with Crippen molar-refractivity contribution in [1.29, 1.82) is 0 Å². The van der Waals surface area contributed by atoms with Gasteiger partial charge in [-0.2, -0.15) is 0 Å². The minimum Gasteiger partial charge on any atom is -0.294 e. The van der Waals surface area contributed by atoms with E-state index < -0.39 is 0 Å². The van der Waals surface area contributed by atoms with Crippen LogP contribution in [0.15, 0.2) is 42.5 Å². The molecule has 2 aromatic carbocycles. The Hall–Kier alpha value is -1.96. The van der Waals surface area contributed by atoms with Crippen LogP contribution < -0.4 is 0 Å². The van der Waals surface area contributed by atoms with Gasteiger partial charge in [0.15, 0.2) is 5.78 Å². The van der Waals surface area contributed by atoms with E-state index in [1.54, 1.807) is 12.1 Å². The SMILES string of the molecule is Cc1cccc(C(=O)CCc2ccc(F)cc2)c1C. The van der Waals surface area contributed by atoms with Crippen molar-refractivity contribution >= 4 is 5.78 Å². The van der Waals surface area contributed by atoms with Crippen molar-refractivity contribution in [3.8, 4) is 0 Å². The Balaban J connectivity index is 2.05. The van der Waals surface area contributed by atoms with Crippen LogP contribution in [0, 0.1) is 19.7 Å². The molecule has 0 aromatic heterocycles. The molecule has 0 spiro atoms. The maximum atomic E-state index is 12.8. The third kappa shape index (κ3) is 3.28. The Morgan fingerprint density at radius 1 is 1.05 bits per heavy atom. The Kier molecular flexibility index (Phi) is 4.10. The van der Waals surface area contributed by atoms with Gasteiger partial charge in [0, 0.05) is 12.0 Å². The average Bonchev–Trinajstić information content (AvgIpc) is 2.41. The molecule has 0 saturated heterocycles. The molecule has 0 bridgehead atoms. The van der Waals surface area contributed by atoms with Crippen LogP contribution in [0.2, 0.25) is 0 Å². The molecule has 0 fully saturated rings. The minimum absolute atomic E-state index is 0.144. The number of hydrogen-bond donors (Lipinski definition) is 0. The standard InChI is InChI=1S/C17H17FO/c1-12-4-3-5-16(13(12)2)17(19)11-8-14-6-9-15(18)10-7-14/h3-7,9-10H,8,11H2,1-2H3. The largest absolute Gasteiger partial charge is 0.294 e. The predicted octanol–water partition coefficient (Wildman–Crippen LogP) is 4.26. The van der Waals surface area contributed by atoms with E-state index in [4.69, 9.17) is 0 Å². The molecule has 19 heavy (non-hydrogen) atoms. The number of carbonyl (C=O) groups is 1. The number of rotatable bonds is 4. The van der Waals surface area contributed by atoms with Crippen molar-refractivity contribution in [1.82, 2.24) is 0 Å². The number of carbonyl (C=O) groups excluding carboxylic acids is 1. The maximum absolute atomic E-state index is 12.8. The van der Waals surface area contributed by atoms with Crippen molar-refractivity contribution < 1.29 is 9.18 Å². The van der Waals surface area contributed by atoms with E-state index >= 15 is 0 Å². The molecular weight excluding hydrogens is 239 g/mol. The van der Waals surface area contributed by atoms with Crippen LogP contribution in [0.25, 0.3) is 0 Å². The quantitative estimate of drug-likeness (QED) is 0.747. The first kappa shape index (κ1) is 13.5. The van der Waals surface area contributed by atoms with Crippen molar-refractivity contribution in [2.45, 2.75) is 26.7 Å². The lowest BCUT2D eigenvalue weighted by molar-refractivity contribution is 0.0982. The van der Waals surface area contributed by atoms with E-state index in [9.17, 15) is 9.18 Å². The molecule has 1 nitrogen and oxygen atoms in total. The first-order valence-corrected chi connectivity index (χ1v) is 6.42. The lowest BCUT2D eigenvalue weighted by Gasteiger charge is -2.07. The molecule has 0 heterocycles. The summed E-state index contributed by atoms with van der Waals surface area (Å²) in [6, 6.07) is 12.1. The van der Waals surface area contributed by atoms with Crippen molar-refractivity contribution in [2.75, 3.05) is 0 Å². The summed E-state index contributed by atoms with van der Waals surface area (Å²) in [7, 11) is 0. The fraction of sp³-hybridized carbons (Fsp3) is 0.235. The van der Waals surface area contributed by atoms with E-state index in [0.29, 0.717) is 12.8 Å². The summed E-state index contributed by atoms with van der Waals surface area (Å²) in [5.74, 6) is -0.102. The first-order chi connectivity index (χ1) is 9.08. The van der Waals surface area contributed by atoms with Gasteiger partial charge in [0.2, 0.25) is 0 Å². The highest BCUT2D eigenvalue weighted by Crippen LogP contribution is 2.16. The fourth-order valence-electron chi connectivity index (χ4n) is 2.10. The van der Waals surface area contributed by atoms with Gasteiger partial charge in [0.05, 0.1) is 0 Å². The third-order valence-electron chi connectivity index (χ3n) is 3.46. The summed E-state index contributed by atoms with van der Waals surface area (Å²) in [6.45, 7) is 3.98. The highest BCUT2D eigenvalue weighted by Gasteiger charge is 2.10. The predicted molar refractivity (Wildman–Crippen MR) is 75.0 cm³/mol. The second-order valence-electron chi connectivity index (χ2n) is 4.80. The Labute approximate surface area is 113 Å². The van der Waals surface area contributed by atoms with Gasteiger partial charge < -0.3 is 0 Å². The van der Waals surface area contributed by atoms with Crippen LogP contribution in [-0.2, 0) is 6.42 Å². The van der Waals surface area contributed by atoms with Crippen molar-refractivity contribution in [3.05, 3.63) is 70.5 Å². The van der Waals surface area contributed by atoms with Gasteiger partial charge in [-0.25, -0.2) is 4.39 Å². The van der Waals surface area contributed by atoms with E-state index in [1.807, 2.05) is 32.0 Å². The fourth-order valence-corrected chi connectivity index (χ4v) is 2.10. The second-order valence-corrected chi connectivity index (χ2v) is 4.80. The number of benzene rings is 2. The zero-order chi connectivity index (χ0) is 13.8. The molecule has 0 unspecified atom stereocenters. The Bertz CT molecular complexity index is 585. The monoisotopic (exact) mass is 256 g/mol. The molecule has 0 N–H and O–H groups in total. The van der Waals surface area contributed by atoms with Crippen LogP contribution in [0.4, 0.5) is 4.39 Å². The van der Waals surface area contributed by atoms with Crippen LogP contribution in [0.5, 0.6) is 0 Å². The summed E-state index contributed by atoms with van der Waals surface area (Å²) >= 11 is 0. The van der Waals surface area contributed by atoms with Crippen molar-refractivity contribution in [2.24, 2.45) is 0 Å². The molecule has 2 aromatic rings. The van der Waals surface area contributed by atoms with Gasteiger partial charge in [0.25, 0.3) is 0 Å². The van der Waals surface area contributed by atoms with E-state index in [1.165, 1.54) is 12.1 Å². The van der Waals surface area contributed by atoms with Crippen LogP contribution in [0.3, 0.4) is 0 Å². The molecular formula is C17H17FO. The van der Waals surface area contributed by atoms with E-state index in [-0.39, 0.29) is 11.6 Å². The Morgan fingerprint density at radius 2 is 1.74 bits per heavy atom. The van der Waals surface area contributed by atoms with Crippen LogP contribution >= 0.6 is 0 Å². The number of ketones is 1. The van der Waals surface area contributed by atoms with Crippen molar-refractivity contribution in [3.63, 3.8) is 0 Å². The molecule has 0 saturated carbocycles. The number of halogens is 1. The molecule has 2 heteroatoms. The summed E-state index contributed by atoms with van der Waals surface area (Å²) in [5.41, 5.74) is 3.96. The number of aryl methyl sites for hydroxylation is 2. The maximum Gasteiger partial charge on any atom is 0.163 e. The third-order valence-corrected chi connectivity index (χ3v) is 3.46. The van der Waals surface area contributed by atoms with Gasteiger partial charge >= 0.3 is 0 Å². The molecule has 0 radical (unpaired) electrons. The molecule has 2 rings (SSSR count). The lowest BCUT2D eigenvalue weighted by atomic mass is 9.96. The lowest BCUT2D eigenvalue weighted by Crippen LogP contribution is -2.04. The highest BCUT2D eigenvalue weighted by atomic mass is 19.1. The molecule has 98 valence electrons. The normalized spacial score (nSPS) is 10.5. The zero-order valence-corrected chi connectivity index (χ0v) is 11.2. The van der Waals surface area contributed by atoms with Gasteiger partial charge in [-0.3, -0.25) is 4.79 Å².